The number of rotatable bonds is 3. The Labute approximate surface area is 110 Å². The monoisotopic (exact) mass is 295 g/mol. The third kappa shape index (κ3) is 4.21. The zero-order valence-electron chi connectivity index (χ0n) is 10.9. The summed E-state index contributed by atoms with van der Waals surface area (Å²) in [5.41, 5.74) is -0.282. The van der Waals surface area contributed by atoms with Gasteiger partial charge in [-0.15, -0.1) is 0 Å². The Morgan fingerprint density at radius 3 is 1.89 bits per heavy atom. The Bertz CT molecular complexity index is 528. The molecule has 0 spiro atoms. The molecule has 0 aliphatic heterocycles. The average molecular weight is 295 g/mol. The van der Waals surface area contributed by atoms with Crippen molar-refractivity contribution < 1.29 is 21.6 Å². The predicted octanol–water partition coefficient (Wildman–Crippen LogP) is 2.92. The minimum absolute atomic E-state index is 0.0300. The first-order valence-corrected chi connectivity index (χ1v) is 7.07. The van der Waals surface area contributed by atoms with E-state index in [2.05, 4.69) is 4.72 Å². The highest BCUT2D eigenvalue weighted by Crippen LogP contribution is 2.29. The van der Waals surface area contributed by atoms with Crippen LogP contribution in [0.15, 0.2) is 24.3 Å². The van der Waals surface area contributed by atoms with Crippen LogP contribution in [0, 0.1) is 0 Å². The lowest BCUT2D eigenvalue weighted by Crippen LogP contribution is -2.38. The molecule has 0 saturated carbocycles. The number of nitrogens with one attached hydrogen (secondary N) is 1. The van der Waals surface area contributed by atoms with Gasteiger partial charge < -0.3 is 0 Å². The fourth-order valence-electron chi connectivity index (χ4n) is 1.21. The number of hydrogen-bond acceptors (Lipinski definition) is 2. The first-order valence-electron chi connectivity index (χ1n) is 5.59. The van der Waals surface area contributed by atoms with Crippen LogP contribution >= 0.6 is 0 Å². The van der Waals surface area contributed by atoms with Crippen LogP contribution in [0.2, 0.25) is 0 Å². The Morgan fingerprint density at radius 1 is 1.05 bits per heavy atom. The molecule has 0 fully saturated rings. The second-order valence-corrected chi connectivity index (χ2v) is 7.65. The summed E-state index contributed by atoms with van der Waals surface area (Å²) in [5.74, 6) is 0. The summed E-state index contributed by atoms with van der Waals surface area (Å²) < 4.78 is 61.9. The van der Waals surface area contributed by atoms with Crippen molar-refractivity contribution in [2.45, 2.75) is 38.2 Å². The highest BCUT2D eigenvalue weighted by Gasteiger charge is 2.30. The van der Waals surface area contributed by atoms with Crippen LogP contribution in [-0.2, 0) is 22.7 Å². The molecular weight excluding hydrogens is 279 g/mol. The van der Waals surface area contributed by atoms with Gasteiger partial charge in [-0.25, -0.2) is 13.1 Å². The molecule has 0 saturated heterocycles. The van der Waals surface area contributed by atoms with E-state index in [9.17, 15) is 21.6 Å². The molecular formula is C12H16F3NO2S. The molecule has 19 heavy (non-hydrogen) atoms. The molecule has 0 heterocycles. The molecule has 1 aromatic rings. The number of halogens is 3. The second kappa shape index (κ2) is 5.13. The van der Waals surface area contributed by atoms with Crippen LogP contribution in [0.5, 0.6) is 0 Å². The fraction of sp³-hybridized carbons (Fsp3) is 0.500. The third-order valence-corrected chi connectivity index (χ3v) is 4.69. The Hall–Kier alpha value is -1.08. The van der Waals surface area contributed by atoms with Gasteiger partial charge in [-0.05, 0) is 38.5 Å². The molecule has 0 bridgehead atoms. The van der Waals surface area contributed by atoms with Crippen molar-refractivity contribution in [3.05, 3.63) is 35.4 Å². The fourth-order valence-corrected chi connectivity index (χ4v) is 2.00. The smallest absolute Gasteiger partial charge is 0.212 e. The van der Waals surface area contributed by atoms with Gasteiger partial charge in [0.1, 0.15) is 0 Å². The van der Waals surface area contributed by atoms with E-state index in [0.29, 0.717) is 5.56 Å². The van der Waals surface area contributed by atoms with Crippen molar-refractivity contribution in [1.29, 1.82) is 0 Å². The zero-order chi connectivity index (χ0) is 14.9. The van der Waals surface area contributed by atoms with Crippen molar-refractivity contribution in [2.75, 3.05) is 0 Å². The number of sulfonamides is 1. The van der Waals surface area contributed by atoms with E-state index >= 15 is 0 Å². The maximum Gasteiger partial charge on any atom is 0.416 e. The molecule has 7 heteroatoms. The molecule has 0 aliphatic rings. The number of alkyl halides is 3. The van der Waals surface area contributed by atoms with Crippen LogP contribution in [0.3, 0.4) is 0 Å². The van der Waals surface area contributed by atoms with E-state index in [1.807, 2.05) is 0 Å². The Morgan fingerprint density at radius 2 is 1.53 bits per heavy atom. The molecule has 0 atom stereocenters. The molecule has 0 amide bonds. The summed E-state index contributed by atoms with van der Waals surface area (Å²) in [6, 6.07) is 4.38. The highest BCUT2D eigenvalue weighted by atomic mass is 32.2. The van der Waals surface area contributed by atoms with Gasteiger partial charge in [-0.3, -0.25) is 0 Å². The van der Waals surface area contributed by atoms with E-state index in [1.54, 1.807) is 20.8 Å². The van der Waals surface area contributed by atoms with Gasteiger partial charge in [0, 0.05) is 6.54 Å². The lowest BCUT2D eigenvalue weighted by atomic mass is 10.1. The van der Waals surface area contributed by atoms with Crippen LogP contribution in [0.25, 0.3) is 0 Å². The molecule has 108 valence electrons. The molecule has 1 aromatic carbocycles. The summed E-state index contributed by atoms with van der Waals surface area (Å²) in [6.07, 6.45) is -4.39. The normalized spacial score (nSPS) is 13.6. The number of benzene rings is 1. The predicted molar refractivity (Wildman–Crippen MR) is 67.0 cm³/mol. The van der Waals surface area contributed by atoms with Crippen molar-refractivity contribution in [2.24, 2.45) is 0 Å². The van der Waals surface area contributed by atoms with Gasteiger partial charge >= 0.3 is 6.18 Å². The lowest BCUT2D eigenvalue weighted by Gasteiger charge is -2.19. The van der Waals surface area contributed by atoms with E-state index in [1.165, 1.54) is 12.1 Å². The summed E-state index contributed by atoms with van der Waals surface area (Å²) in [4.78, 5) is 0. The van der Waals surface area contributed by atoms with Crippen molar-refractivity contribution in [3.63, 3.8) is 0 Å². The third-order valence-electron chi connectivity index (χ3n) is 2.55. The standard InChI is InChI=1S/C12H16F3NO2S/c1-11(2,3)19(17,18)16-8-9-4-6-10(7-5-9)12(13,14)15/h4-7,16H,8H2,1-3H3. The van der Waals surface area contributed by atoms with Crippen molar-refractivity contribution >= 4 is 10.0 Å². The molecule has 0 aromatic heterocycles. The summed E-state index contributed by atoms with van der Waals surface area (Å²) >= 11 is 0. The summed E-state index contributed by atoms with van der Waals surface area (Å²) in [6.45, 7) is 4.60. The maximum absolute atomic E-state index is 12.3. The van der Waals surface area contributed by atoms with Gasteiger partial charge in [0.25, 0.3) is 0 Å². The molecule has 3 nitrogen and oxygen atoms in total. The van der Waals surface area contributed by atoms with Gasteiger partial charge in [-0.1, -0.05) is 12.1 Å². The van der Waals surface area contributed by atoms with E-state index < -0.39 is 26.5 Å². The topological polar surface area (TPSA) is 46.2 Å². The quantitative estimate of drug-likeness (QED) is 0.932. The molecule has 0 aliphatic carbocycles. The van der Waals surface area contributed by atoms with E-state index in [0.717, 1.165) is 12.1 Å². The number of hydrogen-bond donors (Lipinski definition) is 1. The highest BCUT2D eigenvalue weighted by molar-refractivity contribution is 7.90. The van der Waals surface area contributed by atoms with Crippen LogP contribution in [0.1, 0.15) is 31.9 Å². The maximum atomic E-state index is 12.3. The minimum atomic E-state index is -4.39. The largest absolute Gasteiger partial charge is 0.416 e. The van der Waals surface area contributed by atoms with Gasteiger partial charge in [0.05, 0.1) is 10.3 Å². The Balaban J connectivity index is 2.76. The van der Waals surface area contributed by atoms with Crippen molar-refractivity contribution in [3.8, 4) is 0 Å². The first-order chi connectivity index (χ1) is 8.43. The Kier molecular flexibility index (Phi) is 4.31. The van der Waals surface area contributed by atoms with Crippen LogP contribution in [-0.4, -0.2) is 13.2 Å². The van der Waals surface area contributed by atoms with Crippen molar-refractivity contribution in [1.82, 2.24) is 4.72 Å². The minimum Gasteiger partial charge on any atom is -0.212 e. The van der Waals surface area contributed by atoms with E-state index in [4.69, 9.17) is 0 Å². The first kappa shape index (κ1) is 16.0. The lowest BCUT2D eigenvalue weighted by molar-refractivity contribution is -0.137. The molecule has 1 N–H and O–H groups in total. The SMILES string of the molecule is CC(C)(C)S(=O)(=O)NCc1ccc(C(F)(F)F)cc1. The molecule has 0 radical (unpaired) electrons. The van der Waals surface area contributed by atoms with Gasteiger partial charge in [0.15, 0.2) is 0 Å². The summed E-state index contributed by atoms with van der Waals surface area (Å²) in [7, 11) is -3.51. The van der Waals surface area contributed by atoms with Crippen LogP contribution < -0.4 is 4.72 Å². The van der Waals surface area contributed by atoms with E-state index in [-0.39, 0.29) is 6.54 Å². The summed E-state index contributed by atoms with van der Waals surface area (Å²) in [5, 5.41) is 0. The van der Waals surface area contributed by atoms with Gasteiger partial charge in [-0.2, -0.15) is 13.2 Å². The second-order valence-electron chi connectivity index (χ2n) is 5.13. The zero-order valence-corrected chi connectivity index (χ0v) is 11.7. The molecule has 0 unspecified atom stereocenters. The average Bonchev–Trinajstić information content (AvgIpc) is 2.24. The van der Waals surface area contributed by atoms with Crippen LogP contribution in [0.4, 0.5) is 13.2 Å². The van der Waals surface area contributed by atoms with Gasteiger partial charge in [0.2, 0.25) is 10.0 Å². The molecule has 1 rings (SSSR count).